The van der Waals surface area contributed by atoms with Crippen LogP contribution in [0.1, 0.15) is 21.5 Å². The Morgan fingerprint density at radius 3 is 2.75 bits per heavy atom. The number of halogens is 2. The first-order chi connectivity index (χ1) is 11.6. The summed E-state index contributed by atoms with van der Waals surface area (Å²) >= 11 is 9.31. The third kappa shape index (κ3) is 4.24. The van der Waals surface area contributed by atoms with Gasteiger partial charge in [-0.1, -0.05) is 41.9 Å². The van der Waals surface area contributed by atoms with Gasteiger partial charge in [0.05, 0.1) is 18.3 Å². The van der Waals surface area contributed by atoms with E-state index in [2.05, 4.69) is 38.5 Å². The van der Waals surface area contributed by atoms with Crippen molar-refractivity contribution < 1.29 is 4.79 Å². The smallest absolute Gasteiger partial charge is 0.252 e. The molecular weight excluding hydrogens is 390 g/mol. The van der Waals surface area contributed by atoms with Crippen LogP contribution in [-0.4, -0.2) is 15.7 Å². The van der Waals surface area contributed by atoms with Crippen molar-refractivity contribution in [2.45, 2.75) is 13.1 Å². The second kappa shape index (κ2) is 7.64. The maximum absolute atomic E-state index is 12.3. The van der Waals surface area contributed by atoms with Crippen LogP contribution in [0.5, 0.6) is 0 Å². The molecule has 0 bridgehead atoms. The van der Waals surface area contributed by atoms with Gasteiger partial charge in [0.1, 0.15) is 0 Å². The van der Waals surface area contributed by atoms with E-state index in [-0.39, 0.29) is 5.91 Å². The first-order valence-corrected chi connectivity index (χ1v) is 8.57. The lowest BCUT2D eigenvalue weighted by Crippen LogP contribution is -2.23. The molecule has 24 heavy (non-hydrogen) atoms. The zero-order valence-electron chi connectivity index (χ0n) is 12.7. The molecule has 0 atom stereocenters. The Morgan fingerprint density at radius 1 is 1.17 bits per heavy atom. The van der Waals surface area contributed by atoms with Gasteiger partial charge in [-0.2, -0.15) is 5.10 Å². The first kappa shape index (κ1) is 16.7. The molecule has 1 N–H and O–H groups in total. The van der Waals surface area contributed by atoms with Gasteiger partial charge in [0.15, 0.2) is 0 Å². The maximum atomic E-state index is 12.3. The van der Waals surface area contributed by atoms with Crippen LogP contribution in [-0.2, 0) is 13.1 Å². The van der Waals surface area contributed by atoms with Crippen molar-refractivity contribution in [3.05, 3.63) is 87.1 Å². The molecule has 3 rings (SSSR count). The molecule has 0 aliphatic heterocycles. The highest BCUT2D eigenvalue weighted by Gasteiger charge is 2.11. The van der Waals surface area contributed by atoms with Gasteiger partial charge >= 0.3 is 0 Å². The van der Waals surface area contributed by atoms with Crippen molar-refractivity contribution in [3.8, 4) is 0 Å². The van der Waals surface area contributed by atoms with E-state index in [1.807, 2.05) is 29.1 Å². The van der Waals surface area contributed by atoms with E-state index in [1.165, 1.54) is 5.56 Å². The molecule has 0 fully saturated rings. The lowest BCUT2D eigenvalue weighted by Gasteiger charge is -2.06. The second-order valence-corrected chi connectivity index (χ2v) is 6.63. The number of aromatic nitrogens is 2. The topological polar surface area (TPSA) is 46.9 Å². The molecule has 0 spiro atoms. The van der Waals surface area contributed by atoms with Gasteiger partial charge in [0.25, 0.3) is 5.91 Å². The summed E-state index contributed by atoms with van der Waals surface area (Å²) in [7, 11) is 0. The predicted molar refractivity (Wildman–Crippen MR) is 98.1 cm³/mol. The van der Waals surface area contributed by atoms with E-state index in [1.54, 1.807) is 24.4 Å². The maximum Gasteiger partial charge on any atom is 0.252 e. The van der Waals surface area contributed by atoms with E-state index >= 15 is 0 Å². The van der Waals surface area contributed by atoms with Crippen LogP contribution in [0, 0.1) is 0 Å². The van der Waals surface area contributed by atoms with Gasteiger partial charge in [-0.25, -0.2) is 0 Å². The molecule has 0 saturated heterocycles. The predicted octanol–water partition coefficient (Wildman–Crippen LogP) is 4.28. The quantitative estimate of drug-likeness (QED) is 0.690. The third-order valence-electron chi connectivity index (χ3n) is 3.50. The fourth-order valence-electron chi connectivity index (χ4n) is 2.30. The highest BCUT2D eigenvalue weighted by Crippen LogP contribution is 2.21. The van der Waals surface area contributed by atoms with Crippen LogP contribution in [0.4, 0.5) is 0 Å². The Kier molecular flexibility index (Phi) is 5.33. The largest absolute Gasteiger partial charge is 0.348 e. The SMILES string of the molecule is O=C(NCc1cnn(Cc2ccccc2)c1)c1cc(Cl)ccc1Br. The molecule has 1 aromatic heterocycles. The Balaban J connectivity index is 1.61. The van der Waals surface area contributed by atoms with E-state index in [0.29, 0.717) is 28.1 Å². The molecule has 1 amide bonds. The minimum atomic E-state index is -0.180. The number of nitrogens with one attached hydrogen (secondary N) is 1. The second-order valence-electron chi connectivity index (χ2n) is 5.34. The summed E-state index contributed by atoms with van der Waals surface area (Å²) in [5.41, 5.74) is 2.63. The molecule has 4 nitrogen and oxygen atoms in total. The number of rotatable bonds is 5. The molecule has 0 aliphatic carbocycles. The molecule has 0 aliphatic rings. The van der Waals surface area contributed by atoms with Crippen LogP contribution < -0.4 is 5.32 Å². The molecule has 0 saturated carbocycles. The lowest BCUT2D eigenvalue weighted by molar-refractivity contribution is 0.0950. The Labute approximate surface area is 153 Å². The summed E-state index contributed by atoms with van der Waals surface area (Å²) < 4.78 is 2.57. The van der Waals surface area contributed by atoms with Gasteiger partial charge in [-0.05, 0) is 39.7 Å². The van der Waals surface area contributed by atoms with Crippen molar-refractivity contribution in [1.82, 2.24) is 15.1 Å². The monoisotopic (exact) mass is 403 g/mol. The summed E-state index contributed by atoms with van der Waals surface area (Å²) in [6.07, 6.45) is 3.69. The van der Waals surface area contributed by atoms with Gasteiger partial charge in [-0.15, -0.1) is 0 Å². The zero-order chi connectivity index (χ0) is 16.9. The first-order valence-electron chi connectivity index (χ1n) is 7.40. The average Bonchev–Trinajstić information content (AvgIpc) is 3.03. The average molecular weight is 405 g/mol. The molecule has 3 aromatic rings. The van der Waals surface area contributed by atoms with Crippen LogP contribution >= 0.6 is 27.5 Å². The van der Waals surface area contributed by atoms with E-state index in [9.17, 15) is 4.79 Å². The summed E-state index contributed by atoms with van der Waals surface area (Å²) in [6.45, 7) is 1.11. The standard InChI is InChI=1S/C18H15BrClN3O/c19-17-7-6-15(20)8-16(17)18(24)21-9-14-10-22-23(12-14)11-13-4-2-1-3-5-13/h1-8,10,12H,9,11H2,(H,21,24). The Bertz CT molecular complexity index is 848. The summed E-state index contributed by atoms with van der Waals surface area (Å²) in [4.78, 5) is 12.3. The number of carbonyl (C=O) groups is 1. The number of nitrogens with zero attached hydrogens (tertiary/aromatic N) is 2. The van der Waals surface area contributed by atoms with Crippen LogP contribution in [0.15, 0.2) is 65.4 Å². The number of amides is 1. The Morgan fingerprint density at radius 2 is 1.96 bits per heavy atom. The highest BCUT2D eigenvalue weighted by atomic mass is 79.9. The zero-order valence-corrected chi connectivity index (χ0v) is 15.1. The molecule has 0 unspecified atom stereocenters. The van der Waals surface area contributed by atoms with Gasteiger partial charge in [0, 0.05) is 27.8 Å². The minimum Gasteiger partial charge on any atom is -0.348 e. The lowest BCUT2D eigenvalue weighted by atomic mass is 10.2. The summed E-state index contributed by atoms with van der Waals surface area (Å²) in [6, 6.07) is 15.2. The summed E-state index contributed by atoms with van der Waals surface area (Å²) in [5.74, 6) is -0.180. The third-order valence-corrected chi connectivity index (χ3v) is 4.43. The highest BCUT2D eigenvalue weighted by molar-refractivity contribution is 9.10. The van der Waals surface area contributed by atoms with Crippen LogP contribution in [0.25, 0.3) is 0 Å². The van der Waals surface area contributed by atoms with E-state index in [0.717, 1.165) is 5.56 Å². The molecule has 1 heterocycles. The fraction of sp³-hybridized carbons (Fsp3) is 0.111. The molecule has 122 valence electrons. The fourth-order valence-corrected chi connectivity index (χ4v) is 2.90. The van der Waals surface area contributed by atoms with E-state index < -0.39 is 0 Å². The number of benzene rings is 2. The van der Waals surface area contributed by atoms with E-state index in [4.69, 9.17) is 11.6 Å². The number of hydrogen-bond donors (Lipinski definition) is 1. The van der Waals surface area contributed by atoms with Crippen molar-refractivity contribution >= 4 is 33.4 Å². The van der Waals surface area contributed by atoms with Crippen molar-refractivity contribution in [2.24, 2.45) is 0 Å². The van der Waals surface area contributed by atoms with Crippen molar-refractivity contribution in [3.63, 3.8) is 0 Å². The molecular formula is C18H15BrClN3O. The minimum absolute atomic E-state index is 0.180. The van der Waals surface area contributed by atoms with Crippen LogP contribution in [0.2, 0.25) is 5.02 Å². The van der Waals surface area contributed by atoms with Gasteiger partial charge in [0.2, 0.25) is 0 Å². The Hall–Kier alpha value is -2.11. The molecule has 6 heteroatoms. The summed E-state index contributed by atoms with van der Waals surface area (Å²) in [5, 5.41) is 7.74. The van der Waals surface area contributed by atoms with Crippen molar-refractivity contribution in [2.75, 3.05) is 0 Å². The normalized spacial score (nSPS) is 10.6. The molecule has 2 aromatic carbocycles. The van der Waals surface area contributed by atoms with Crippen molar-refractivity contribution in [1.29, 1.82) is 0 Å². The molecule has 0 radical (unpaired) electrons. The van der Waals surface area contributed by atoms with Gasteiger partial charge in [-0.3, -0.25) is 9.48 Å². The number of carbonyl (C=O) groups excluding carboxylic acids is 1. The van der Waals surface area contributed by atoms with Gasteiger partial charge < -0.3 is 5.32 Å². The van der Waals surface area contributed by atoms with Crippen LogP contribution in [0.3, 0.4) is 0 Å². The number of hydrogen-bond acceptors (Lipinski definition) is 2.